The van der Waals surface area contributed by atoms with Crippen LogP contribution in [0.2, 0.25) is 0 Å². The fourth-order valence-electron chi connectivity index (χ4n) is 0.337. The Hall–Kier alpha value is -0.970. The van der Waals surface area contributed by atoms with Crippen LogP contribution in [0.5, 0.6) is 0 Å². The Balaban J connectivity index is 4.10. The number of nitrogens with two attached hydrogens (primary N) is 1. The van der Waals surface area contributed by atoms with Crippen molar-refractivity contribution in [3.63, 3.8) is 0 Å². The van der Waals surface area contributed by atoms with Crippen molar-refractivity contribution in [1.82, 2.24) is 0 Å². The first-order valence-electron chi connectivity index (χ1n) is 2.57. The molecule has 0 bridgehead atoms. The minimum atomic E-state index is 0.632. The number of allylic oxidation sites excluding steroid dienone is 2. The molecule has 0 fully saturated rings. The average molecular weight is 110 g/mol. The van der Waals surface area contributed by atoms with Crippen molar-refractivity contribution in [1.29, 1.82) is 5.26 Å². The Kier molecular flexibility index (Phi) is 2.71. The summed E-state index contributed by atoms with van der Waals surface area (Å²) in [5.74, 6) is 0. The van der Waals surface area contributed by atoms with E-state index in [9.17, 15) is 0 Å². The molecule has 0 atom stereocenters. The second-order valence-corrected chi connectivity index (χ2v) is 1.62. The SMILES string of the molecule is CCC(N)=C(C)C#N. The van der Waals surface area contributed by atoms with Gasteiger partial charge in [0.15, 0.2) is 0 Å². The summed E-state index contributed by atoms with van der Waals surface area (Å²) in [7, 11) is 0. The van der Waals surface area contributed by atoms with Crippen LogP contribution in [0, 0.1) is 11.3 Å². The molecule has 0 amide bonds. The third-order valence-corrected chi connectivity index (χ3v) is 1.03. The van der Waals surface area contributed by atoms with Crippen molar-refractivity contribution in [2.45, 2.75) is 20.3 Å². The van der Waals surface area contributed by atoms with Crippen LogP contribution in [-0.2, 0) is 0 Å². The van der Waals surface area contributed by atoms with E-state index in [1.54, 1.807) is 6.92 Å². The van der Waals surface area contributed by atoms with Gasteiger partial charge in [0.25, 0.3) is 0 Å². The molecule has 0 radical (unpaired) electrons. The van der Waals surface area contributed by atoms with E-state index in [1.165, 1.54) is 0 Å². The summed E-state index contributed by atoms with van der Waals surface area (Å²) in [5.41, 5.74) is 6.70. The van der Waals surface area contributed by atoms with E-state index in [1.807, 2.05) is 13.0 Å². The highest BCUT2D eigenvalue weighted by Gasteiger charge is 1.89. The third kappa shape index (κ3) is 1.65. The highest BCUT2D eigenvalue weighted by molar-refractivity contribution is 5.22. The molecule has 0 aromatic heterocycles. The first kappa shape index (κ1) is 7.03. The van der Waals surface area contributed by atoms with E-state index in [-0.39, 0.29) is 0 Å². The molecular formula is C6H10N2. The van der Waals surface area contributed by atoms with E-state index in [4.69, 9.17) is 11.0 Å². The lowest BCUT2D eigenvalue weighted by atomic mass is 10.2. The normalized spacial score (nSPS) is 12.1. The van der Waals surface area contributed by atoms with Crippen LogP contribution in [0.3, 0.4) is 0 Å². The van der Waals surface area contributed by atoms with Crippen LogP contribution < -0.4 is 5.73 Å². The standard InChI is InChI=1S/C6H10N2/c1-3-6(8)5(2)4-7/h3,8H2,1-2H3. The molecule has 0 spiro atoms. The van der Waals surface area contributed by atoms with E-state index in [2.05, 4.69) is 0 Å². The Morgan fingerprint density at radius 3 is 2.38 bits per heavy atom. The quantitative estimate of drug-likeness (QED) is 0.515. The van der Waals surface area contributed by atoms with Gasteiger partial charge in [-0.3, -0.25) is 0 Å². The summed E-state index contributed by atoms with van der Waals surface area (Å²) in [6.45, 7) is 3.65. The van der Waals surface area contributed by atoms with Crippen molar-refractivity contribution >= 4 is 0 Å². The lowest BCUT2D eigenvalue weighted by Crippen LogP contribution is -1.97. The number of rotatable bonds is 1. The molecule has 0 saturated heterocycles. The van der Waals surface area contributed by atoms with Crippen LogP contribution in [0.4, 0.5) is 0 Å². The summed E-state index contributed by atoms with van der Waals surface area (Å²) in [6.07, 6.45) is 0.763. The van der Waals surface area contributed by atoms with Gasteiger partial charge in [-0.15, -0.1) is 0 Å². The Morgan fingerprint density at radius 2 is 2.25 bits per heavy atom. The minimum absolute atomic E-state index is 0.632. The van der Waals surface area contributed by atoms with E-state index in [0.717, 1.165) is 6.42 Å². The van der Waals surface area contributed by atoms with Crippen LogP contribution in [0.25, 0.3) is 0 Å². The van der Waals surface area contributed by atoms with Gasteiger partial charge >= 0.3 is 0 Å². The predicted molar refractivity (Wildman–Crippen MR) is 32.8 cm³/mol. The number of hydrogen-bond acceptors (Lipinski definition) is 2. The minimum Gasteiger partial charge on any atom is -0.401 e. The molecule has 0 aliphatic heterocycles. The molecule has 0 aliphatic carbocycles. The van der Waals surface area contributed by atoms with Gasteiger partial charge in [0.05, 0.1) is 6.07 Å². The highest BCUT2D eigenvalue weighted by Crippen LogP contribution is 1.97. The van der Waals surface area contributed by atoms with E-state index < -0.39 is 0 Å². The van der Waals surface area contributed by atoms with Gasteiger partial charge in [0, 0.05) is 11.3 Å². The third-order valence-electron chi connectivity index (χ3n) is 1.03. The molecule has 0 aromatic rings. The maximum atomic E-state index is 8.25. The van der Waals surface area contributed by atoms with Gasteiger partial charge in [0.1, 0.15) is 0 Å². The van der Waals surface area contributed by atoms with Crippen molar-refractivity contribution in [3.05, 3.63) is 11.3 Å². The molecule has 0 heterocycles. The van der Waals surface area contributed by atoms with Gasteiger partial charge in [-0.25, -0.2) is 0 Å². The van der Waals surface area contributed by atoms with E-state index >= 15 is 0 Å². The average Bonchev–Trinajstić information content (AvgIpc) is 1.84. The molecule has 0 aromatic carbocycles. The topological polar surface area (TPSA) is 49.8 Å². The highest BCUT2D eigenvalue weighted by atomic mass is 14.6. The number of nitriles is 1. The van der Waals surface area contributed by atoms with Crippen LogP contribution >= 0.6 is 0 Å². The Morgan fingerprint density at radius 1 is 1.75 bits per heavy atom. The van der Waals surface area contributed by atoms with Gasteiger partial charge in [-0.1, -0.05) is 6.92 Å². The fourth-order valence-corrected chi connectivity index (χ4v) is 0.337. The molecule has 44 valence electrons. The summed E-state index contributed by atoms with van der Waals surface area (Å²) >= 11 is 0. The summed E-state index contributed by atoms with van der Waals surface area (Å²) in [4.78, 5) is 0. The summed E-state index contributed by atoms with van der Waals surface area (Å²) in [5, 5.41) is 8.25. The summed E-state index contributed by atoms with van der Waals surface area (Å²) in [6, 6.07) is 1.97. The lowest BCUT2D eigenvalue weighted by Gasteiger charge is -1.92. The zero-order valence-electron chi connectivity index (χ0n) is 5.23. The van der Waals surface area contributed by atoms with Crippen molar-refractivity contribution in [2.24, 2.45) is 5.73 Å². The zero-order chi connectivity index (χ0) is 6.57. The second kappa shape index (κ2) is 3.09. The zero-order valence-corrected chi connectivity index (χ0v) is 5.23. The maximum absolute atomic E-state index is 8.25. The van der Waals surface area contributed by atoms with Crippen molar-refractivity contribution in [3.8, 4) is 6.07 Å². The van der Waals surface area contributed by atoms with Crippen LogP contribution in [0.1, 0.15) is 20.3 Å². The van der Waals surface area contributed by atoms with Gasteiger partial charge in [-0.05, 0) is 13.3 Å². The molecule has 2 heteroatoms. The number of nitrogens with zero attached hydrogens (tertiary/aromatic N) is 1. The molecule has 8 heavy (non-hydrogen) atoms. The first-order valence-corrected chi connectivity index (χ1v) is 2.57. The first-order chi connectivity index (χ1) is 3.72. The molecule has 2 N–H and O–H groups in total. The Bertz CT molecular complexity index is 139. The lowest BCUT2D eigenvalue weighted by molar-refractivity contribution is 1.04. The molecule has 0 saturated carbocycles. The fraction of sp³-hybridized carbons (Fsp3) is 0.500. The second-order valence-electron chi connectivity index (χ2n) is 1.62. The predicted octanol–water partition coefficient (Wildman–Crippen LogP) is 1.15. The smallest absolute Gasteiger partial charge is 0.0962 e. The van der Waals surface area contributed by atoms with Crippen LogP contribution in [0.15, 0.2) is 11.3 Å². The molecule has 0 aliphatic rings. The van der Waals surface area contributed by atoms with E-state index in [0.29, 0.717) is 11.3 Å². The van der Waals surface area contributed by atoms with Crippen molar-refractivity contribution in [2.75, 3.05) is 0 Å². The maximum Gasteiger partial charge on any atom is 0.0962 e. The van der Waals surface area contributed by atoms with Crippen LogP contribution in [-0.4, -0.2) is 0 Å². The molecule has 0 unspecified atom stereocenters. The van der Waals surface area contributed by atoms with Crippen molar-refractivity contribution < 1.29 is 0 Å². The number of hydrogen-bond donors (Lipinski definition) is 1. The molecular weight excluding hydrogens is 100 g/mol. The molecule has 0 rings (SSSR count). The van der Waals surface area contributed by atoms with Gasteiger partial charge in [0.2, 0.25) is 0 Å². The summed E-state index contributed by atoms with van der Waals surface area (Å²) < 4.78 is 0. The van der Waals surface area contributed by atoms with Gasteiger partial charge in [-0.2, -0.15) is 5.26 Å². The van der Waals surface area contributed by atoms with Gasteiger partial charge < -0.3 is 5.73 Å². The Labute approximate surface area is 49.6 Å². The molecule has 2 nitrogen and oxygen atoms in total. The largest absolute Gasteiger partial charge is 0.401 e. The monoisotopic (exact) mass is 110 g/mol.